The summed E-state index contributed by atoms with van der Waals surface area (Å²) in [6.07, 6.45) is 0. The summed E-state index contributed by atoms with van der Waals surface area (Å²) < 4.78 is 0. The summed E-state index contributed by atoms with van der Waals surface area (Å²) in [4.78, 5) is 4.23. The van der Waals surface area contributed by atoms with Crippen molar-refractivity contribution in [3.63, 3.8) is 0 Å². The molecule has 0 aliphatic carbocycles. The number of aromatic nitrogens is 1. The predicted molar refractivity (Wildman–Crippen MR) is 54.8 cm³/mol. The van der Waals surface area contributed by atoms with E-state index in [0.717, 1.165) is 10.8 Å². The van der Waals surface area contributed by atoms with Gasteiger partial charge in [0.2, 0.25) is 0 Å². The van der Waals surface area contributed by atoms with Crippen LogP contribution in [0.25, 0.3) is 0 Å². The Balaban J connectivity index is 2.63. The Kier molecular flexibility index (Phi) is 3.24. The van der Waals surface area contributed by atoms with E-state index in [-0.39, 0.29) is 12.1 Å². The molecule has 74 valence electrons. The van der Waals surface area contributed by atoms with Gasteiger partial charge in [-0.1, -0.05) is 0 Å². The molecule has 0 bridgehead atoms. The third-order valence-electron chi connectivity index (χ3n) is 1.60. The lowest BCUT2D eigenvalue weighted by molar-refractivity contribution is 0.234. The van der Waals surface area contributed by atoms with Gasteiger partial charge in [0.05, 0.1) is 17.8 Å². The molecule has 0 saturated heterocycles. The maximum absolute atomic E-state index is 9.01. The molecule has 4 N–H and O–H groups in total. The Morgan fingerprint density at radius 2 is 2.38 bits per heavy atom. The van der Waals surface area contributed by atoms with E-state index >= 15 is 0 Å². The van der Waals surface area contributed by atoms with Crippen LogP contribution in [0.2, 0.25) is 0 Å². The predicted octanol–water partition coefficient (Wildman–Crippen LogP) is 0.785. The van der Waals surface area contributed by atoms with Crippen molar-refractivity contribution in [2.24, 2.45) is 5.73 Å². The number of hydrogen-bond acceptors (Lipinski definition) is 5. The molecule has 4 nitrogen and oxygen atoms in total. The van der Waals surface area contributed by atoms with Gasteiger partial charge in [-0.25, -0.2) is 4.98 Å². The Labute approximate surface area is 81.8 Å². The monoisotopic (exact) mass is 201 g/mol. The summed E-state index contributed by atoms with van der Waals surface area (Å²) >= 11 is 1.50. The molecule has 0 aliphatic heterocycles. The van der Waals surface area contributed by atoms with Crippen LogP contribution in [-0.4, -0.2) is 22.2 Å². The van der Waals surface area contributed by atoms with Gasteiger partial charge < -0.3 is 16.2 Å². The zero-order chi connectivity index (χ0) is 9.90. The lowest BCUT2D eigenvalue weighted by Gasteiger charge is -2.22. The molecule has 0 saturated carbocycles. The van der Waals surface area contributed by atoms with Crippen LogP contribution in [0.4, 0.5) is 5.13 Å². The van der Waals surface area contributed by atoms with E-state index in [9.17, 15) is 0 Å². The van der Waals surface area contributed by atoms with Crippen molar-refractivity contribution in [1.82, 2.24) is 4.98 Å². The molecule has 0 radical (unpaired) electrons. The highest BCUT2D eigenvalue weighted by Crippen LogP contribution is 2.19. The van der Waals surface area contributed by atoms with Gasteiger partial charge in [-0.3, -0.25) is 0 Å². The molecule has 0 aliphatic rings. The van der Waals surface area contributed by atoms with Gasteiger partial charge >= 0.3 is 0 Å². The van der Waals surface area contributed by atoms with E-state index in [2.05, 4.69) is 10.3 Å². The fourth-order valence-electron chi connectivity index (χ4n) is 0.787. The molecule has 1 aromatic heterocycles. The van der Waals surface area contributed by atoms with E-state index in [0.29, 0.717) is 6.54 Å². The minimum absolute atomic E-state index is 0.0739. The molecule has 0 unspecified atom stereocenters. The largest absolute Gasteiger partial charge is 0.394 e. The number of nitrogens with one attached hydrogen (secondary N) is 1. The number of aliphatic hydroxyl groups excluding tert-OH is 1. The Morgan fingerprint density at radius 1 is 1.69 bits per heavy atom. The zero-order valence-corrected chi connectivity index (χ0v) is 8.69. The van der Waals surface area contributed by atoms with Crippen molar-refractivity contribution in [3.8, 4) is 0 Å². The van der Waals surface area contributed by atoms with Crippen molar-refractivity contribution in [2.45, 2.75) is 25.9 Å². The molecular formula is C8H15N3OS. The molecule has 0 aromatic carbocycles. The number of hydrogen-bond donors (Lipinski definition) is 3. The quantitative estimate of drug-likeness (QED) is 0.673. The number of nitrogens with zero attached hydrogens (tertiary/aromatic N) is 1. The van der Waals surface area contributed by atoms with Crippen LogP contribution in [0.3, 0.4) is 0 Å². The van der Waals surface area contributed by atoms with E-state index < -0.39 is 0 Å². The summed E-state index contributed by atoms with van der Waals surface area (Å²) in [6, 6.07) is 0. The topological polar surface area (TPSA) is 71.2 Å². The SMILES string of the molecule is CC(C)(CO)Nc1nc(CN)cs1. The van der Waals surface area contributed by atoms with Gasteiger partial charge in [-0.15, -0.1) is 11.3 Å². The fourth-order valence-corrected chi connectivity index (χ4v) is 1.69. The van der Waals surface area contributed by atoms with Crippen LogP contribution in [0.1, 0.15) is 19.5 Å². The molecule has 0 atom stereocenters. The molecule has 5 heteroatoms. The summed E-state index contributed by atoms with van der Waals surface area (Å²) in [5.74, 6) is 0. The van der Waals surface area contributed by atoms with Gasteiger partial charge in [0, 0.05) is 11.9 Å². The Morgan fingerprint density at radius 3 is 2.85 bits per heavy atom. The van der Waals surface area contributed by atoms with E-state index in [1.807, 2.05) is 19.2 Å². The van der Waals surface area contributed by atoms with Crippen LogP contribution in [0.5, 0.6) is 0 Å². The second kappa shape index (κ2) is 4.04. The van der Waals surface area contributed by atoms with E-state index in [4.69, 9.17) is 10.8 Å². The van der Waals surface area contributed by atoms with Gasteiger partial charge in [-0.05, 0) is 13.8 Å². The average molecular weight is 201 g/mol. The van der Waals surface area contributed by atoms with Crippen LogP contribution < -0.4 is 11.1 Å². The first-order chi connectivity index (χ1) is 6.07. The third-order valence-corrected chi connectivity index (χ3v) is 2.41. The maximum atomic E-state index is 9.01. The third kappa shape index (κ3) is 2.95. The average Bonchev–Trinajstić information content (AvgIpc) is 2.52. The first kappa shape index (κ1) is 10.4. The summed E-state index contributed by atoms with van der Waals surface area (Å²) in [5, 5.41) is 14.9. The molecular weight excluding hydrogens is 186 g/mol. The van der Waals surface area contributed by atoms with Gasteiger partial charge in [0.1, 0.15) is 0 Å². The van der Waals surface area contributed by atoms with E-state index in [1.165, 1.54) is 11.3 Å². The molecule has 0 fully saturated rings. The zero-order valence-electron chi connectivity index (χ0n) is 7.87. The standard InChI is InChI=1S/C8H15N3OS/c1-8(2,5-12)11-7-10-6(3-9)4-13-7/h4,12H,3,5,9H2,1-2H3,(H,10,11). The lowest BCUT2D eigenvalue weighted by Crippen LogP contribution is -2.34. The summed E-state index contributed by atoms with van der Waals surface area (Å²) in [5.41, 5.74) is 5.97. The van der Waals surface area contributed by atoms with Crippen LogP contribution >= 0.6 is 11.3 Å². The van der Waals surface area contributed by atoms with Gasteiger partial charge in [0.15, 0.2) is 5.13 Å². The maximum Gasteiger partial charge on any atom is 0.183 e. The number of rotatable bonds is 4. The molecule has 13 heavy (non-hydrogen) atoms. The van der Waals surface area contributed by atoms with Crippen molar-refractivity contribution < 1.29 is 5.11 Å². The number of aliphatic hydroxyl groups is 1. The Hall–Kier alpha value is -0.650. The van der Waals surface area contributed by atoms with Crippen molar-refractivity contribution in [3.05, 3.63) is 11.1 Å². The minimum atomic E-state index is -0.330. The summed E-state index contributed by atoms with van der Waals surface area (Å²) in [6.45, 7) is 4.36. The highest BCUT2D eigenvalue weighted by molar-refractivity contribution is 7.13. The van der Waals surface area contributed by atoms with Gasteiger partial charge in [-0.2, -0.15) is 0 Å². The van der Waals surface area contributed by atoms with Crippen molar-refractivity contribution >= 4 is 16.5 Å². The Bertz CT molecular complexity index is 272. The molecule has 1 aromatic rings. The second-order valence-corrected chi connectivity index (χ2v) is 4.37. The lowest BCUT2D eigenvalue weighted by atomic mass is 10.1. The molecule has 0 spiro atoms. The smallest absolute Gasteiger partial charge is 0.183 e. The first-order valence-electron chi connectivity index (χ1n) is 4.11. The molecule has 1 heterocycles. The molecule has 1 rings (SSSR count). The van der Waals surface area contributed by atoms with Crippen molar-refractivity contribution in [2.75, 3.05) is 11.9 Å². The van der Waals surface area contributed by atoms with Crippen LogP contribution in [0.15, 0.2) is 5.38 Å². The highest BCUT2D eigenvalue weighted by Gasteiger charge is 2.17. The molecule has 0 amide bonds. The number of thiazole rings is 1. The summed E-state index contributed by atoms with van der Waals surface area (Å²) in [7, 11) is 0. The first-order valence-corrected chi connectivity index (χ1v) is 4.99. The van der Waals surface area contributed by atoms with Gasteiger partial charge in [0.25, 0.3) is 0 Å². The minimum Gasteiger partial charge on any atom is -0.394 e. The van der Waals surface area contributed by atoms with Crippen molar-refractivity contribution in [1.29, 1.82) is 0 Å². The highest BCUT2D eigenvalue weighted by atomic mass is 32.1. The fraction of sp³-hybridized carbons (Fsp3) is 0.625. The number of nitrogens with two attached hydrogens (primary N) is 1. The van der Waals surface area contributed by atoms with Crippen LogP contribution in [0, 0.1) is 0 Å². The normalized spacial score (nSPS) is 11.7. The van der Waals surface area contributed by atoms with Crippen LogP contribution in [-0.2, 0) is 6.54 Å². The number of anilines is 1. The second-order valence-electron chi connectivity index (χ2n) is 3.52. The van der Waals surface area contributed by atoms with E-state index in [1.54, 1.807) is 0 Å².